The summed E-state index contributed by atoms with van der Waals surface area (Å²) in [6.45, 7) is 1.62. The normalized spacial score (nSPS) is 10.5. The van der Waals surface area contributed by atoms with E-state index in [0.717, 1.165) is 12.1 Å². The number of hydrogen-bond acceptors (Lipinski definition) is 4. The third-order valence-corrected chi connectivity index (χ3v) is 3.40. The number of aromatic nitrogens is 2. The monoisotopic (exact) mass is 358 g/mol. The molecule has 2 N–H and O–H groups in total. The van der Waals surface area contributed by atoms with Gasteiger partial charge in [0.25, 0.3) is 5.91 Å². The first kappa shape index (κ1) is 17.4. The molecule has 3 aromatic rings. The van der Waals surface area contributed by atoms with E-state index in [1.54, 1.807) is 31.2 Å². The molecule has 0 unspecified atom stereocenters. The average molecular weight is 358 g/mol. The fraction of sp³-hybridized carbons (Fsp3) is 0.0556. The summed E-state index contributed by atoms with van der Waals surface area (Å²) in [4.78, 5) is 20.4. The van der Waals surface area contributed by atoms with Gasteiger partial charge in [-0.2, -0.15) is 0 Å². The minimum atomic E-state index is -1.61. The van der Waals surface area contributed by atoms with E-state index >= 15 is 0 Å². The number of hydrogen-bond donors (Lipinski definition) is 2. The van der Waals surface area contributed by atoms with Crippen molar-refractivity contribution in [2.24, 2.45) is 0 Å². The SMILES string of the molecule is Cc1cc(C(=O)Nc2ccccc2)nc(Nc2ccc(F)c(F)c2F)n1. The van der Waals surface area contributed by atoms with Gasteiger partial charge in [-0.1, -0.05) is 18.2 Å². The zero-order valence-corrected chi connectivity index (χ0v) is 13.6. The van der Waals surface area contributed by atoms with Gasteiger partial charge in [0.2, 0.25) is 5.95 Å². The summed E-state index contributed by atoms with van der Waals surface area (Å²) in [5.41, 5.74) is 0.703. The molecule has 8 heteroatoms. The number of nitrogens with one attached hydrogen (secondary N) is 2. The molecule has 0 saturated heterocycles. The smallest absolute Gasteiger partial charge is 0.274 e. The maximum absolute atomic E-state index is 13.8. The Labute approximate surface area is 146 Å². The molecule has 1 amide bonds. The van der Waals surface area contributed by atoms with Crippen molar-refractivity contribution < 1.29 is 18.0 Å². The highest BCUT2D eigenvalue weighted by Gasteiger charge is 2.16. The topological polar surface area (TPSA) is 66.9 Å². The summed E-state index contributed by atoms with van der Waals surface area (Å²) < 4.78 is 40.1. The van der Waals surface area contributed by atoms with Crippen LogP contribution in [0.4, 0.5) is 30.5 Å². The molecule has 0 saturated carbocycles. The lowest BCUT2D eigenvalue weighted by atomic mass is 10.2. The van der Waals surface area contributed by atoms with Crippen LogP contribution in [-0.2, 0) is 0 Å². The van der Waals surface area contributed by atoms with Crippen LogP contribution in [-0.4, -0.2) is 15.9 Å². The van der Waals surface area contributed by atoms with Crippen LogP contribution in [0.15, 0.2) is 48.5 Å². The number of nitrogens with zero attached hydrogens (tertiary/aromatic N) is 2. The van der Waals surface area contributed by atoms with Crippen LogP contribution >= 0.6 is 0 Å². The fourth-order valence-electron chi connectivity index (χ4n) is 2.20. The van der Waals surface area contributed by atoms with Crippen LogP contribution in [0.3, 0.4) is 0 Å². The van der Waals surface area contributed by atoms with Crippen LogP contribution < -0.4 is 10.6 Å². The van der Waals surface area contributed by atoms with Gasteiger partial charge < -0.3 is 10.6 Å². The second-order valence-corrected chi connectivity index (χ2v) is 5.39. The lowest BCUT2D eigenvalue weighted by Crippen LogP contribution is -2.15. The van der Waals surface area contributed by atoms with E-state index in [9.17, 15) is 18.0 Å². The molecule has 0 fully saturated rings. The molecular weight excluding hydrogens is 345 g/mol. The lowest BCUT2D eigenvalue weighted by molar-refractivity contribution is 0.102. The molecule has 5 nitrogen and oxygen atoms in total. The predicted molar refractivity (Wildman–Crippen MR) is 90.8 cm³/mol. The van der Waals surface area contributed by atoms with Crippen molar-refractivity contribution in [1.82, 2.24) is 9.97 Å². The number of aryl methyl sites for hydroxylation is 1. The zero-order valence-electron chi connectivity index (χ0n) is 13.6. The van der Waals surface area contributed by atoms with Crippen LogP contribution in [0.1, 0.15) is 16.2 Å². The van der Waals surface area contributed by atoms with Gasteiger partial charge in [-0.25, -0.2) is 23.1 Å². The van der Waals surface area contributed by atoms with Gasteiger partial charge in [0, 0.05) is 11.4 Å². The fourth-order valence-corrected chi connectivity index (χ4v) is 2.20. The maximum atomic E-state index is 13.8. The second kappa shape index (κ2) is 7.22. The molecule has 0 aliphatic carbocycles. The Balaban J connectivity index is 1.86. The van der Waals surface area contributed by atoms with E-state index in [4.69, 9.17) is 0 Å². The first-order chi connectivity index (χ1) is 12.4. The molecule has 3 rings (SSSR count). The van der Waals surface area contributed by atoms with Crippen LogP contribution in [0, 0.1) is 24.4 Å². The standard InChI is InChI=1S/C18H13F3N4O/c1-10-9-14(17(26)23-11-5-3-2-4-6-11)25-18(22-10)24-13-8-7-12(19)15(20)16(13)21/h2-9H,1H3,(H,23,26)(H,22,24,25). The Hall–Kier alpha value is -3.42. The maximum Gasteiger partial charge on any atom is 0.274 e. The van der Waals surface area contributed by atoms with Gasteiger partial charge in [-0.15, -0.1) is 0 Å². The van der Waals surface area contributed by atoms with Crippen molar-refractivity contribution in [2.75, 3.05) is 10.6 Å². The first-order valence-corrected chi connectivity index (χ1v) is 7.56. The second-order valence-electron chi connectivity index (χ2n) is 5.39. The molecule has 0 aliphatic rings. The number of amides is 1. The summed E-state index contributed by atoms with van der Waals surface area (Å²) in [7, 11) is 0. The number of rotatable bonds is 4. The Morgan fingerprint density at radius 3 is 2.42 bits per heavy atom. The molecule has 0 aliphatic heterocycles. The summed E-state index contributed by atoms with van der Waals surface area (Å²) in [6.07, 6.45) is 0. The highest BCUT2D eigenvalue weighted by atomic mass is 19.2. The minimum absolute atomic E-state index is 0.0341. The van der Waals surface area contributed by atoms with Gasteiger partial charge in [-0.3, -0.25) is 4.79 Å². The van der Waals surface area contributed by atoms with Crippen LogP contribution in [0.25, 0.3) is 0 Å². The van der Waals surface area contributed by atoms with Crippen LogP contribution in [0.2, 0.25) is 0 Å². The van der Waals surface area contributed by atoms with Gasteiger partial charge >= 0.3 is 0 Å². The van der Waals surface area contributed by atoms with E-state index in [2.05, 4.69) is 20.6 Å². The lowest BCUT2D eigenvalue weighted by Gasteiger charge is -2.10. The quantitative estimate of drug-likeness (QED) is 0.686. The van der Waals surface area contributed by atoms with E-state index in [1.165, 1.54) is 6.07 Å². The van der Waals surface area contributed by atoms with Crippen molar-refractivity contribution in [3.05, 3.63) is 77.4 Å². The third-order valence-electron chi connectivity index (χ3n) is 3.40. The molecule has 2 aromatic carbocycles. The van der Waals surface area contributed by atoms with E-state index in [0.29, 0.717) is 11.4 Å². The molecule has 0 bridgehead atoms. The summed E-state index contributed by atoms with van der Waals surface area (Å²) in [5.74, 6) is -4.92. The number of para-hydroxylation sites is 1. The van der Waals surface area contributed by atoms with Gasteiger partial charge in [-0.05, 0) is 37.3 Å². The van der Waals surface area contributed by atoms with E-state index in [1.807, 2.05) is 6.07 Å². The average Bonchev–Trinajstić information content (AvgIpc) is 2.62. The van der Waals surface area contributed by atoms with E-state index < -0.39 is 23.4 Å². The first-order valence-electron chi connectivity index (χ1n) is 7.56. The summed E-state index contributed by atoms with van der Waals surface area (Å²) in [5, 5.41) is 5.12. The Morgan fingerprint density at radius 1 is 0.962 bits per heavy atom. The molecule has 0 radical (unpaired) electrons. The number of anilines is 3. The third kappa shape index (κ3) is 3.80. The number of carbonyl (C=O) groups is 1. The number of carbonyl (C=O) groups excluding carboxylic acids is 1. The molecule has 0 atom stereocenters. The summed E-state index contributed by atoms with van der Waals surface area (Å²) in [6, 6.07) is 12.0. The molecular formula is C18H13F3N4O. The van der Waals surface area contributed by atoms with Gasteiger partial charge in [0.15, 0.2) is 17.5 Å². The van der Waals surface area contributed by atoms with Crippen molar-refractivity contribution in [3.8, 4) is 0 Å². The van der Waals surface area contributed by atoms with Crippen LogP contribution in [0.5, 0.6) is 0 Å². The Bertz CT molecular complexity index is 964. The van der Waals surface area contributed by atoms with Crippen molar-refractivity contribution in [3.63, 3.8) is 0 Å². The predicted octanol–water partition coefficient (Wildman–Crippen LogP) is 4.20. The van der Waals surface area contributed by atoms with E-state index in [-0.39, 0.29) is 17.3 Å². The molecule has 1 heterocycles. The van der Waals surface area contributed by atoms with Gasteiger partial charge in [0.1, 0.15) is 5.69 Å². The Morgan fingerprint density at radius 2 is 1.69 bits per heavy atom. The van der Waals surface area contributed by atoms with Crippen molar-refractivity contribution in [2.45, 2.75) is 6.92 Å². The molecule has 26 heavy (non-hydrogen) atoms. The van der Waals surface area contributed by atoms with Crippen molar-refractivity contribution >= 4 is 23.2 Å². The highest BCUT2D eigenvalue weighted by molar-refractivity contribution is 6.03. The largest absolute Gasteiger partial charge is 0.322 e. The van der Waals surface area contributed by atoms with Crippen molar-refractivity contribution in [1.29, 1.82) is 0 Å². The number of halogens is 3. The highest BCUT2D eigenvalue weighted by Crippen LogP contribution is 2.22. The Kier molecular flexibility index (Phi) is 4.83. The molecule has 1 aromatic heterocycles. The van der Waals surface area contributed by atoms with Gasteiger partial charge in [0.05, 0.1) is 5.69 Å². The molecule has 132 valence electrons. The number of benzene rings is 2. The summed E-state index contributed by atoms with van der Waals surface area (Å²) >= 11 is 0. The minimum Gasteiger partial charge on any atom is -0.322 e. The molecule has 0 spiro atoms. The zero-order chi connectivity index (χ0) is 18.7.